The van der Waals surface area contributed by atoms with Gasteiger partial charge in [-0.3, -0.25) is 9.00 Å². The van der Waals surface area contributed by atoms with Crippen LogP contribution < -0.4 is 0 Å². The van der Waals surface area contributed by atoms with Crippen molar-refractivity contribution in [3.63, 3.8) is 0 Å². The third-order valence-corrected chi connectivity index (χ3v) is 5.99. The topological polar surface area (TPSA) is 40.6 Å². The third kappa shape index (κ3) is 4.21. The number of carbonyl (C=O) groups is 1. The van der Waals surface area contributed by atoms with Crippen LogP contribution >= 0.6 is 0 Å². The highest BCUT2D eigenvalue weighted by molar-refractivity contribution is 7.84. The van der Waals surface area contributed by atoms with Gasteiger partial charge < -0.3 is 9.80 Å². The largest absolute Gasteiger partial charge is 0.339 e. The second-order valence-electron chi connectivity index (χ2n) is 6.72. The summed E-state index contributed by atoms with van der Waals surface area (Å²) in [5.74, 6) is 0.847. The van der Waals surface area contributed by atoms with Crippen molar-refractivity contribution in [2.24, 2.45) is 5.92 Å². The van der Waals surface area contributed by atoms with Gasteiger partial charge in [-0.25, -0.2) is 0 Å². The minimum Gasteiger partial charge on any atom is -0.339 e. The lowest BCUT2D eigenvalue weighted by atomic mass is 9.95. The van der Waals surface area contributed by atoms with Gasteiger partial charge in [-0.1, -0.05) is 0 Å². The molecule has 126 valence electrons. The summed E-state index contributed by atoms with van der Waals surface area (Å²) in [6, 6.07) is 7.19. The van der Waals surface area contributed by atoms with Crippen molar-refractivity contribution in [2.75, 3.05) is 39.0 Å². The van der Waals surface area contributed by atoms with Crippen LogP contribution in [0.3, 0.4) is 0 Å². The lowest BCUT2D eigenvalue weighted by Crippen LogP contribution is -2.41. The summed E-state index contributed by atoms with van der Waals surface area (Å²) in [7, 11) is -0.992. The molecular weight excluding hydrogens is 308 g/mol. The van der Waals surface area contributed by atoms with E-state index in [2.05, 4.69) is 4.90 Å². The van der Waals surface area contributed by atoms with Crippen LogP contribution in [0.15, 0.2) is 29.2 Å². The Morgan fingerprint density at radius 1 is 1.09 bits per heavy atom. The van der Waals surface area contributed by atoms with E-state index in [-0.39, 0.29) is 5.91 Å². The Balaban J connectivity index is 1.52. The monoisotopic (exact) mass is 334 g/mol. The zero-order chi connectivity index (χ0) is 16.2. The highest BCUT2D eigenvalue weighted by atomic mass is 32.2. The first-order valence-corrected chi connectivity index (χ1v) is 10.1. The molecule has 1 atom stereocenters. The quantitative estimate of drug-likeness (QED) is 0.849. The lowest BCUT2D eigenvalue weighted by molar-refractivity contribution is 0.0673. The standard InChI is InChI=1S/C18H26N2O2S/c1-23(22)17-6-4-16(5-7-17)18(21)20-12-8-15(9-13-20)14-19-10-2-3-11-19/h4-7,15H,2-3,8-14H2,1H3. The highest BCUT2D eigenvalue weighted by Gasteiger charge is 2.25. The smallest absolute Gasteiger partial charge is 0.253 e. The van der Waals surface area contributed by atoms with Crippen molar-refractivity contribution < 1.29 is 9.00 Å². The molecule has 5 heteroatoms. The third-order valence-electron chi connectivity index (χ3n) is 5.05. The number of hydrogen-bond acceptors (Lipinski definition) is 3. The normalized spacial score (nSPS) is 21.5. The maximum Gasteiger partial charge on any atom is 0.253 e. The number of hydrogen-bond donors (Lipinski definition) is 0. The van der Waals surface area contributed by atoms with Crippen molar-refractivity contribution in [2.45, 2.75) is 30.6 Å². The van der Waals surface area contributed by atoms with Gasteiger partial charge in [0.2, 0.25) is 0 Å². The molecule has 2 fully saturated rings. The van der Waals surface area contributed by atoms with Gasteiger partial charge in [0, 0.05) is 47.1 Å². The van der Waals surface area contributed by atoms with Crippen molar-refractivity contribution in [1.29, 1.82) is 0 Å². The first kappa shape index (κ1) is 16.7. The van der Waals surface area contributed by atoms with Crippen LogP contribution in [0.4, 0.5) is 0 Å². The number of carbonyl (C=O) groups excluding carboxylic acids is 1. The van der Waals surface area contributed by atoms with Crippen LogP contribution in [0.25, 0.3) is 0 Å². The zero-order valence-corrected chi connectivity index (χ0v) is 14.7. The number of rotatable bonds is 4. The van der Waals surface area contributed by atoms with E-state index in [9.17, 15) is 9.00 Å². The SMILES string of the molecule is CS(=O)c1ccc(C(=O)N2CCC(CN3CCCC3)CC2)cc1. The first-order valence-electron chi connectivity index (χ1n) is 8.58. The molecule has 0 aromatic heterocycles. The number of piperidine rings is 1. The van der Waals surface area contributed by atoms with E-state index in [1.165, 1.54) is 32.5 Å². The summed E-state index contributed by atoms with van der Waals surface area (Å²) in [4.78, 5) is 17.9. The lowest BCUT2D eigenvalue weighted by Gasteiger charge is -2.34. The molecule has 2 aliphatic rings. The Hall–Kier alpha value is -1.20. The minimum atomic E-state index is -0.992. The van der Waals surface area contributed by atoms with Crippen LogP contribution in [0.5, 0.6) is 0 Å². The van der Waals surface area contributed by atoms with Crippen LogP contribution in [-0.2, 0) is 10.8 Å². The number of amides is 1. The zero-order valence-electron chi connectivity index (χ0n) is 13.9. The number of nitrogens with zero attached hydrogens (tertiary/aromatic N) is 2. The number of benzene rings is 1. The molecule has 1 aromatic rings. The molecule has 23 heavy (non-hydrogen) atoms. The second-order valence-corrected chi connectivity index (χ2v) is 8.10. The Kier molecular flexibility index (Phi) is 5.49. The summed E-state index contributed by atoms with van der Waals surface area (Å²) in [5.41, 5.74) is 0.706. The van der Waals surface area contributed by atoms with Crippen molar-refractivity contribution in [3.8, 4) is 0 Å². The molecule has 4 nitrogen and oxygen atoms in total. The predicted octanol–water partition coefficient (Wildman–Crippen LogP) is 2.37. The van der Waals surface area contributed by atoms with Gasteiger partial charge in [0.05, 0.1) is 0 Å². The molecule has 3 rings (SSSR count). The molecular formula is C18H26N2O2S. The first-order chi connectivity index (χ1) is 11.1. The van der Waals surface area contributed by atoms with E-state index in [1.54, 1.807) is 30.5 Å². The molecule has 0 bridgehead atoms. The molecule has 2 aliphatic heterocycles. The molecule has 2 heterocycles. The van der Waals surface area contributed by atoms with Crippen LogP contribution in [-0.4, -0.2) is 58.9 Å². The fraction of sp³-hybridized carbons (Fsp3) is 0.611. The van der Waals surface area contributed by atoms with Crippen LogP contribution in [0.1, 0.15) is 36.0 Å². The van der Waals surface area contributed by atoms with E-state index < -0.39 is 10.8 Å². The van der Waals surface area contributed by atoms with E-state index in [1.807, 2.05) is 4.90 Å². The Labute approximate surface area is 141 Å². The van der Waals surface area contributed by atoms with Gasteiger partial charge in [0.25, 0.3) is 5.91 Å². The highest BCUT2D eigenvalue weighted by Crippen LogP contribution is 2.22. The van der Waals surface area contributed by atoms with Gasteiger partial charge in [-0.2, -0.15) is 0 Å². The van der Waals surface area contributed by atoms with E-state index in [4.69, 9.17) is 0 Å². The van der Waals surface area contributed by atoms with E-state index >= 15 is 0 Å². The molecule has 1 aromatic carbocycles. The van der Waals surface area contributed by atoms with Crippen LogP contribution in [0.2, 0.25) is 0 Å². The summed E-state index contributed by atoms with van der Waals surface area (Å²) in [6.07, 6.45) is 6.56. The molecule has 0 saturated carbocycles. The number of likely N-dealkylation sites (tertiary alicyclic amines) is 2. The van der Waals surface area contributed by atoms with Gasteiger partial charge in [-0.15, -0.1) is 0 Å². The van der Waals surface area contributed by atoms with Crippen LogP contribution in [0, 0.1) is 5.92 Å². The van der Waals surface area contributed by atoms with E-state index in [0.717, 1.165) is 36.7 Å². The van der Waals surface area contributed by atoms with E-state index in [0.29, 0.717) is 5.56 Å². The van der Waals surface area contributed by atoms with Gasteiger partial charge >= 0.3 is 0 Å². The molecule has 2 saturated heterocycles. The Bertz CT molecular complexity index is 559. The molecule has 1 amide bonds. The predicted molar refractivity (Wildman–Crippen MR) is 93.1 cm³/mol. The van der Waals surface area contributed by atoms with Gasteiger partial charge in [-0.05, 0) is 69.0 Å². The maximum absolute atomic E-state index is 12.6. The van der Waals surface area contributed by atoms with Crippen molar-refractivity contribution in [3.05, 3.63) is 29.8 Å². The van der Waals surface area contributed by atoms with Crippen molar-refractivity contribution in [1.82, 2.24) is 9.80 Å². The Morgan fingerprint density at radius 3 is 2.26 bits per heavy atom. The Morgan fingerprint density at radius 2 is 1.70 bits per heavy atom. The molecule has 0 spiro atoms. The van der Waals surface area contributed by atoms with Gasteiger partial charge in [0.1, 0.15) is 0 Å². The summed E-state index contributed by atoms with van der Waals surface area (Å²) in [5, 5.41) is 0. The molecule has 1 unspecified atom stereocenters. The summed E-state index contributed by atoms with van der Waals surface area (Å²) < 4.78 is 11.4. The fourth-order valence-corrected chi connectivity index (χ4v) is 4.14. The molecule has 0 radical (unpaired) electrons. The minimum absolute atomic E-state index is 0.109. The second kappa shape index (κ2) is 7.58. The maximum atomic E-state index is 12.6. The summed E-state index contributed by atoms with van der Waals surface area (Å²) >= 11 is 0. The summed E-state index contributed by atoms with van der Waals surface area (Å²) in [6.45, 7) is 5.44. The average Bonchev–Trinajstić information content (AvgIpc) is 3.08. The average molecular weight is 334 g/mol. The van der Waals surface area contributed by atoms with Gasteiger partial charge in [0.15, 0.2) is 0 Å². The molecule has 0 aliphatic carbocycles. The molecule has 0 N–H and O–H groups in total. The fourth-order valence-electron chi connectivity index (χ4n) is 3.62. The van der Waals surface area contributed by atoms with Crippen molar-refractivity contribution >= 4 is 16.7 Å².